The number of fused-ring (bicyclic) bond motifs is 1. The summed E-state index contributed by atoms with van der Waals surface area (Å²) in [4.78, 5) is 44.6. The minimum Gasteiger partial charge on any atom is -0.494 e. The third-order valence-electron chi connectivity index (χ3n) is 8.39. The fraction of sp³-hybridized carbons (Fsp3) is 0.500. The Morgan fingerprint density at radius 2 is 1.65 bits per heavy atom. The zero-order valence-corrected chi connectivity index (χ0v) is 23.3. The molecular formula is C30H38N4O6. The second kappa shape index (κ2) is 11.5. The van der Waals surface area contributed by atoms with Crippen molar-refractivity contribution in [3.63, 3.8) is 0 Å². The molecular weight excluding hydrogens is 512 g/mol. The number of β-amino-alcohol motifs (C(OH)–C–C–N with tert-alkyl or cyclic N) is 1. The van der Waals surface area contributed by atoms with Crippen molar-refractivity contribution < 1.29 is 29.0 Å². The van der Waals surface area contributed by atoms with E-state index in [1.54, 1.807) is 24.3 Å². The number of benzene rings is 2. The molecule has 0 aliphatic carbocycles. The van der Waals surface area contributed by atoms with Crippen LogP contribution in [0.5, 0.6) is 5.75 Å². The van der Waals surface area contributed by atoms with Crippen LogP contribution < -0.4 is 20.3 Å². The van der Waals surface area contributed by atoms with E-state index in [0.29, 0.717) is 36.6 Å². The molecule has 2 aromatic carbocycles. The lowest BCUT2D eigenvalue weighted by Gasteiger charge is -2.33. The summed E-state index contributed by atoms with van der Waals surface area (Å²) in [7, 11) is 0. The monoisotopic (exact) mass is 550 g/mol. The van der Waals surface area contributed by atoms with E-state index in [1.807, 2.05) is 31.2 Å². The van der Waals surface area contributed by atoms with Crippen molar-refractivity contribution >= 4 is 34.8 Å². The summed E-state index contributed by atoms with van der Waals surface area (Å²) in [5.74, 6) is -1.87. The lowest BCUT2D eigenvalue weighted by Crippen LogP contribution is -2.53. The van der Waals surface area contributed by atoms with Gasteiger partial charge < -0.3 is 35.0 Å². The van der Waals surface area contributed by atoms with Gasteiger partial charge in [0.1, 0.15) is 17.4 Å². The van der Waals surface area contributed by atoms with Crippen LogP contribution in [0.1, 0.15) is 33.6 Å². The minimum atomic E-state index is -1.12. The molecule has 5 atom stereocenters. The number of carbonyl (C=O) groups is 3. The van der Waals surface area contributed by atoms with Gasteiger partial charge in [0.2, 0.25) is 17.7 Å². The fourth-order valence-electron chi connectivity index (χ4n) is 6.68. The van der Waals surface area contributed by atoms with E-state index in [1.165, 1.54) is 4.90 Å². The number of carbonyl (C=O) groups excluding carboxylic acids is 3. The van der Waals surface area contributed by atoms with Crippen LogP contribution in [-0.2, 0) is 19.1 Å². The zero-order valence-electron chi connectivity index (χ0n) is 23.3. The van der Waals surface area contributed by atoms with Gasteiger partial charge >= 0.3 is 0 Å². The molecule has 0 aromatic heterocycles. The fourth-order valence-corrected chi connectivity index (χ4v) is 6.68. The molecule has 2 bridgehead atoms. The average Bonchev–Trinajstić information content (AvgIpc) is 3.59. The highest BCUT2D eigenvalue weighted by Crippen LogP contribution is 2.58. The van der Waals surface area contributed by atoms with E-state index < -0.39 is 29.6 Å². The smallest absolute Gasteiger partial charge is 0.250 e. The Morgan fingerprint density at radius 1 is 1.02 bits per heavy atom. The maximum Gasteiger partial charge on any atom is 0.250 e. The van der Waals surface area contributed by atoms with Gasteiger partial charge in [0, 0.05) is 36.7 Å². The van der Waals surface area contributed by atoms with Crippen molar-refractivity contribution in [3.05, 3.63) is 48.5 Å². The molecule has 3 aliphatic heterocycles. The first-order valence-electron chi connectivity index (χ1n) is 14.2. The molecule has 3 N–H and O–H groups in total. The number of nitrogens with zero attached hydrogens (tertiary/aromatic N) is 2. The lowest BCUT2D eigenvalue weighted by atomic mass is 9.70. The summed E-state index contributed by atoms with van der Waals surface area (Å²) in [6.45, 7) is 8.04. The first-order chi connectivity index (χ1) is 19.4. The zero-order chi connectivity index (χ0) is 28.4. The van der Waals surface area contributed by atoms with Crippen LogP contribution in [-0.4, -0.2) is 78.3 Å². The molecule has 0 radical (unpaired) electrons. The van der Waals surface area contributed by atoms with Gasteiger partial charge in [-0.1, -0.05) is 0 Å². The van der Waals surface area contributed by atoms with Gasteiger partial charge in [-0.25, -0.2) is 0 Å². The summed E-state index contributed by atoms with van der Waals surface area (Å²) in [5, 5.41) is 15.6. The lowest BCUT2D eigenvalue weighted by molar-refractivity contribution is -0.140. The first-order valence-corrected chi connectivity index (χ1v) is 14.2. The van der Waals surface area contributed by atoms with E-state index in [2.05, 4.69) is 29.4 Å². The molecule has 214 valence electrons. The molecule has 5 rings (SSSR count). The molecule has 10 nitrogen and oxygen atoms in total. The van der Waals surface area contributed by atoms with Crippen LogP contribution in [0.3, 0.4) is 0 Å². The Hall–Kier alpha value is -3.63. The van der Waals surface area contributed by atoms with Gasteiger partial charge in [0.15, 0.2) is 0 Å². The number of aliphatic hydroxyl groups is 1. The number of nitrogens with one attached hydrogen (secondary N) is 2. The van der Waals surface area contributed by atoms with Gasteiger partial charge in [-0.15, -0.1) is 0 Å². The molecule has 0 saturated carbocycles. The molecule has 3 heterocycles. The second-order valence-corrected chi connectivity index (χ2v) is 10.5. The quantitative estimate of drug-likeness (QED) is 0.394. The van der Waals surface area contributed by atoms with Crippen LogP contribution in [0, 0.1) is 11.8 Å². The average molecular weight is 551 g/mol. The van der Waals surface area contributed by atoms with E-state index in [9.17, 15) is 19.5 Å². The van der Waals surface area contributed by atoms with Gasteiger partial charge in [-0.3, -0.25) is 14.4 Å². The standard InChI is InChI=1S/C30H38N4O6/c1-4-33(5-2)21-11-7-19(8-12-21)32-28(37)26-30-16-15-23(40-30)24(25(30)29(38)34(26)17-18-35)27(36)31-20-9-13-22(14-10-20)39-6-3/h7-14,23-26,35H,4-6,15-18H2,1-3H3,(H,31,36)(H,32,37)/t23-,24+,25-,26?,30?/m0/s1. The molecule has 1 spiro atoms. The molecule has 3 saturated heterocycles. The number of amides is 3. The number of anilines is 3. The Bertz CT molecular complexity index is 1230. The van der Waals surface area contributed by atoms with E-state index >= 15 is 0 Å². The molecule has 40 heavy (non-hydrogen) atoms. The van der Waals surface area contributed by atoms with Gasteiger partial charge in [0.25, 0.3) is 0 Å². The predicted octanol–water partition coefficient (Wildman–Crippen LogP) is 2.88. The number of hydrogen-bond donors (Lipinski definition) is 3. The molecule has 3 fully saturated rings. The third kappa shape index (κ3) is 4.79. The number of rotatable bonds is 11. The first kappa shape index (κ1) is 27.9. The Morgan fingerprint density at radius 3 is 2.25 bits per heavy atom. The molecule has 2 unspecified atom stereocenters. The van der Waals surface area contributed by atoms with Crippen LogP contribution in [0.15, 0.2) is 48.5 Å². The summed E-state index contributed by atoms with van der Waals surface area (Å²) >= 11 is 0. The summed E-state index contributed by atoms with van der Waals surface area (Å²) < 4.78 is 11.9. The van der Waals surface area contributed by atoms with Crippen LogP contribution in [0.4, 0.5) is 17.1 Å². The highest BCUT2D eigenvalue weighted by molar-refractivity contribution is 6.05. The number of likely N-dealkylation sites (tertiary alicyclic amines) is 1. The third-order valence-corrected chi connectivity index (χ3v) is 8.39. The Balaban J connectivity index is 1.37. The number of hydrogen-bond acceptors (Lipinski definition) is 7. The Kier molecular flexibility index (Phi) is 8.00. The Labute approximate surface area is 234 Å². The molecule has 3 amide bonds. The summed E-state index contributed by atoms with van der Waals surface area (Å²) in [6.07, 6.45) is 0.596. The van der Waals surface area contributed by atoms with Crippen molar-refractivity contribution in [3.8, 4) is 5.75 Å². The topological polar surface area (TPSA) is 120 Å². The van der Waals surface area contributed by atoms with E-state index in [-0.39, 0.29) is 30.9 Å². The SMILES string of the molecule is CCOc1ccc(NC(=O)[C@@H]2[C@@H]3CCC4(O3)C(C(=O)Nc3ccc(N(CC)CC)cc3)N(CCO)C(=O)[C@H]24)cc1. The second-order valence-electron chi connectivity index (χ2n) is 10.5. The number of ether oxygens (including phenoxy) is 2. The van der Waals surface area contributed by atoms with E-state index in [4.69, 9.17) is 9.47 Å². The van der Waals surface area contributed by atoms with E-state index in [0.717, 1.165) is 18.8 Å². The summed E-state index contributed by atoms with van der Waals surface area (Å²) in [5.41, 5.74) is 1.13. The minimum absolute atomic E-state index is 0.0165. The maximum atomic E-state index is 13.8. The largest absolute Gasteiger partial charge is 0.494 e. The van der Waals surface area contributed by atoms with Crippen molar-refractivity contribution in [1.82, 2.24) is 4.90 Å². The maximum absolute atomic E-state index is 13.8. The van der Waals surface area contributed by atoms with Crippen LogP contribution in [0.25, 0.3) is 0 Å². The predicted molar refractivity (Wildman–Crippen MR) is 151 cm³/mol. The summed E-state index contributed by atoms with van der Waals surface area (Å²) in [6, 6.07) is 13.7. The molecule has 3 aliphatic rings. The van der Waals surface area contributed by atoms with Gasteiger partial charge in [-0.05, 0) is 82.1 Å². The van der Waals surface area contributed by atoms with Crippen LogP contribution in [0.2, 0.25) is 0 Å². The van der Waals surface area contributed by atoms with Crippen LogP contribution >= 0.6 is 0 Å². The normalized spacial score (nSPS) is 26.5. The van der Waals surface area contributed by atoms with Crippen molar-refractivity contribution in [2.75, 3.05) is 48.4 Å². The molecule has 2 aromatic rings. The van der Waals surface area contributed by atoms with Gasteiger partial charge in [0.05, 0.1) is 31.2 Å². The number of aliphatic hydroxyl groups excluding tert-OH is 1. The van der Waals surface area contributed by atoms with Gasteiger partial charge in [-0.2, -0.15) is 0 Å². The highest BCUT2D eigenvalue weighted by atomic mass is 16.5. The molecule has 10 heteroatoms. The highest BCUT2D eigenvalue weighted by Gasteiger charge is 2.74. The van der Waals surface area contributed by atoms with Crippen molar-refractivity contribution in [2.24, 2.45) is 11.8 Å². The van der Waals surface area contributed by atoms with Crippen molar-refractivity contribution in [2.45, 2.75) is 51.4 Å². The van der Waals surface area contributed by atoms with Crippen molar-refractivity contribution in [1.29, 1.82) is 0 Å².